The van der Waals surface area contributed by atoms with Crippen molar-refractivity contribution in [2.75, 3.05) is 11.5 Å². The minimum absolute atomic E-state index is 0.0812. The molecule has 1 spiro atoms. The van der Waals surface area contributed by atoms with Crippen molar-refractivity contribution < 1.29 is 9.59 Å². The Hall–Kier alpha value is -2.00. The molecule has 2 saturated carbocycles. The lowest BCUT2D eigenvalue weighted by Gasteiger charge is -2.51. The predicted octanol–water partition coefficient (Wildman–Crippen LogP) is 3.74. The molecule has 1 saturated heterocycles. The Labute approximate surface area is 201 Å². The molecule has 7 nitrogen and oxygen atoms in total. The molecule has 2 amide bonds. The molecule has 3 fully saturated rings. The number of carbonyl (C=O) groups is 2. The van der Waals surface area contributed by atoms with Crippen molar-refractivity contribution in [2.45, 2.75) is 56.1 Å². The standard InChI is InChI=1S/C24H30N4O3S2/c1-14(2)28-23(31)19-9-4-3-8-18(19)20(27-28)22(30)26-25-21(29)15-12-16-6-5-7-17(13-15)24(16)32-10-11-33-24/h3-4,8-9,14-17H,5-7,10-13H2,1-2H3,(H,25,29)(H,26,30)/t15?,16-,17+. The van der Waals surface area contributed by atoms with Crippen LogP contribution in [-0.2, 0) is 4.79 Å². The van der Waals surface area contributed by atoms with Crippen LogP contribution in [0.25, 0.3) is 10.8 Å². The summed E-state index contributed by atoms with van der Waals surface area (Å²) >= 11 is 4.24. The van der Waals surface area contributed by atoms with Gasteiger partial charge in [0.25, 0.3) is 11.5 Å². The smallest absolute Gasteiger partial charge is 0.273 e. The summed E-state index contributed by atoms with van der Waals surface area (Å²) in [5.74, 6) is 2.84. The van der Waals surface area contributed by atoms with Crippen LogP contribution in [0.3, 0.4) is 0 Å². The van der Waals surface area contributed by atoms with E-state index in [0.29, 0.717) is 26.7 Å². The highest BCUT2D eigenvalue weighted by Crippen LogP contribution is 2.64. The number of hydrazine groups is 1. The average molecular weight is 487 g/mol. The molecule has 2 heterocycles. The van der Waals surface area contributed by atoms with E-state index in [4.69, 9.17) is 0 Å². The van der Waals surface area contributed by atoms with E-state index in [1.54, 1.807) is 24.3 Å². The zero-order chi connectivity index (χ0) is 23.2. The minimum Gasteiger partial charge on any atom is -0.273 e. The molecule has 1 aromatic heterocycles. The number of hydrogen-bond donors (Lipinski definition) is 2. The summed E-state index contributed by atoms with van der Waals surface area (Å²) in [4.78, 5) is 38.8. The topological polar surface area (TPSA) is 93.1 Å². The maximum atomic E-state index is 13.0. The summed E-state index contributed by atoms with van der Waals surface area (Å²) in [5.41, 5.74) is 5.15. The Kier molecular flexibility index (Phi) is 6.20. The molecule has 9 heteroatoms. The first-order valence-electron chi connectivity index (χ1n) is 11.8. The zero-order valence-corrected chi connectivity index (χ0v) is 20.6. The Balaban J connectivity index is 1.31. The number of fused-ring (bicyclic) bond motifs is 1. The van der Waals surface area contributed by atoms with E-state index in [9.17, 15) is 14.4 Å². The third-order valence-electron chi connectivity index (χ3n) is 7.32. The van der Waals surface area contributed by atoms with E-state index >= 15 is 0 Å². The van der Waals surface area contributed by atoms with Crippen molar-refractivity contribution in [3.05, 3.63) is 40.3 Å². The molecule has 2 N–H and O–H groups in total. The summed E-state index contributed by atoms with van der Waals surface area (Å²) in [6, 6.07) is 6.76. The Morgan fingerprint density at radius 2 is 1.70 bits per heavy atom. The van der Waals surface area contributed by atoms with Crippen LogP contribution in [-0.4, -0.2) is 37.2 Å². The van der Waals surface area contributed by atoms with Crippen LogP contribution in [0.15, 0.2) is 29.1 Å². The molecule has 1 aromatic carbocycles. The maximum absolute atomic E-state index is 13.0. The molecule has 1 unspecified atom stereocenters. The Bertz CT molecular complexity index is 1130. The van der Waals surface area contributed by atoms with Gasteiger partial charge >= 0.3 is 0 Å². The fourth-order valence-corrected chi connectivity index (χ4v) is 9.76. The number of thioether (sulfide) groups is 2. The number of benzene rings is 1. The largest absolute Gasteiger partial charge is 0.290 e. The summed E-state index contributed by atoms with van der Waals surface area (Å²) < 4.78 is 1.63. The molecule has 5 rings (SSSR count). The minimum atomic E-state index is -0.511. The number of hydrogen-bond acceptors (Lipinski definition) is 6. The number of rotatable bonds is 3. The molecule has 2 bridgehead atoms. The van der Waals surface area contributed by atoms with Crippen molar-refractivity contribution in [1.82, 2.24) is 20.6 Å². The van der Waals surface area contributed by atoms with Gasteiger partial charge in [0, 0.05) is 22.8 Å². The second-order valence-corrected chi connectivity index (χ2v) is 12.6. The normalized spacial score (nSPS) is 26.0. The summed E-state index contributed by atoms with van der Waals surface area (Å²) in [7, 11) is 0. The van der Waals surface area contributed by atoms with Crippen molar-refractivity contribution in [3.8, 4) is 0 Å². The fourth-order valence-electron chi connectivity index (χ4n) is 5.83. The Morgan fingerprint density at radius 1 is 1.06 bits per heavy atom. The third kappa shape index (κ3) is 3.97. The average Bonchev–Trinajstić information content (AvgIpc) is 3.26. The van der Waals surface area contributed by atoms with E-state index in [0.717, 1.165) is 12.8 Å². The predicted molar refractivity (Wildman–Crippen MR) is 133 cm³/mol. The lowest BCUT2D eigenvalue weighted by Crippen LogP contribution is -2.52. The van der Waals surface area contributed by atoms with Crippen molar-refractivity contribution in [2.24, 2.45) is 17.8 Å². The van der Waals surface area contributed by atoms with E-state index in [1.165, 1.54) is 35.4 Å². The lowest BCUT2D eigenvalue weighted by molar-refractivity contribution is -0.128. The van der Waals surface area contributed by atoms with Crippen LogP contribution in [0.4, 0.5) is 0 Å². The summed E-state index contributed by atoms with van der Waals surface area (Å²) in [6.45, 7) is 3.69. The molecule has 1 aliphatic heterocycles. The van der Waals surface area contributed by atoms with E-state index in [-0.39, 0.29) is 29.1 Å². The summed E-state index contributed by atoms with van der Waals surface area (Å²) in [5, 5.41) is 5.24. The molecule has 2 aromatic rings. The number of aromatic nitrogens is 2. The highest BCUT2D eigenvalue weighted by atomic mass is 32.2. The maximum Gasteiger partial charge on any atom is 0.290 e. The molecule has 2 aliphatic carbocycles. The number of nitrogens with one attached hydrogen (secondary N) is 2. The van der Waals surface area contributed by atoms with Crippen LogP contribution in [0.5, 0.6) is 0 Å². The van der Waals surface area contributed by atoms with Crippen molar-refractivity contribution >= 4 is 46.1 Å². The van der Waals surface area contributed by atoms with Gasteiger partial charge in [0.05, 0.1) is 15.5 Å². The first-order valence-corrected chi connectivity index (χ1v) is 13.8. The van der Waals surface area contributed by atoms with E-state index in [1.807, 2.05) is 13.8 Å². The van der Waals surface area contributed by atoms with Crippen molar-refractivity contribution in [1.29, 1.82) is 0 Å². The number of amides is 2. The molecule has 176 valence electrons. The van der Waals surface area contributed by atoms with Gasteiger partial charge in [-0.3, -0.25) is 25.2 Å². The molecular weight excluding hydrogens is 456 g/mol. The van der Waals surface area contributed by atoms with Gasteiger partial charge in [-0.2, -0.15) is 5.10 Å². The highest BCUT2D eigenvalue weighted by molar-refractivity contribution is 8.21. The van der Waals surface area contributed by atoms with Gasteiger partial charge in [0.2, 0.25) is 5.91 Å². The van der Waals surface area contributed by atoms with Gasteiger partial charge in [-0.25, -0.2) is 4.68 Å². The first-order chi connectivity index (χ1) is 15.9. The molecule has 33 heavy (non-hydrogen) atoms. The van der Waals surface area contributed by atoms with Crippen LogP contribution in [0, 0.1) is 17.8 Å². The SMILES string of the molecule is CC(C)n1nc(C(=O)NNC(=O)C2C[C@H]3CCC[C@@H](C2)C32SCCS2)c2ccccc2c1=O. The van der Waals surface area contributed by atoms with Gasteiger partial charge in [0.15, 0.2) is 5.69 Å². The van der Waals surface area contributed by atoms with Crippen molar-refractivity contribution in [3.63, 3.8) is 0 Å². The summed E-state index contributed by atoms with van der Waals surface area (Å²) in [6.07, 6.45) is 5.42. The number of carbonyl (C=O) groups excluding carboxylic acids is 2. The van der Waals surface area contributed by atoms with E-state index in [2.05, 4.69) is 39.5 Å². The lowest BCUT2D eigenvalue weighted by atomic mass is 9.67. The monoisotopic (exact) mass is 486 g/mol. The Morgan fingerprint density at radius 3 is 2.33 bits per heavy atom. The molecule has 3 atom stereocenters. The molecule has 0 radical (unpaired) electrons. The highest BCUT2D eigenvalue weighted by Gasteiger charge is 2.55. The quantitative estimate of drug-likeness (QED) is 0.642. The first kappa shape index (κ1) is 22.8. The van der Waals surface area contributed by atoms with Gasteiger partial charge < -0.3 is 0 Å². The van der Waals surface area contributed by atoms with Gasteiger partial charge in [0.1, 0.15) is 0 Å². The van der Waals surface area contributed by atoms with Crippen LogP contribution in [0.1, 0.15) is 62.5 Å². The van der Waals surface area contributed by atoms with Gasteiger partial charge in [-0.15, -0.1) is 23.5 Å². The second kappa shape index (κ2) is 8.98. The zero-order valence-electron chi connectivity index (χ0n) is 19.0. The molecule has 3 aliphatic rings. The van der Waals surface area contributed by atoms with Crippen LogP contribution < -0.4 is 16.4 Å². The van der Waals surface area contributed by atoms with Crippen LogP contribution in [0.2, 0.25) is 0 Å². The van der Waals surface area contributed by atoms with Gasteiger partial charge in [-0.1, -0.05) is 24.6 Å². The van der Waals surface area contributed by atoms with Crippen LogP contribution >= 0.6 is 23.5 Å². The fraction of sp³-hybridized carbons (Fsp3) is 0.583. The van der Waals surface area contributed by atoms with Gasteiger partial charge in [-0.05, 0) is 57.4 Å². The number of nitrogens with zero attached hydrogens (tertiary/aromatic N) is 2. The third-order valence-corrected chi connectivity index (χ3v) is 11.3. The van der Waals surface area contributed by atoms with E-state index < -0.39 is 5.91 Å². The second-order valence-electron chi connectivity index (χ2n) is 9.59. The molecular formula is C24H30N4O3S2.